The normalized spacial score (nSPS) is 11.7. The number of esters is 1. The van der Waals surface area contributed by atoms with Gasteiger partial charge in [-0.2, -0.15) is 5.26 Å². The second kappa shape index (κ2) is 10.2. The third-order valence-electron chi connectivity index (χ3n) is 4.98. The van der Waals surface area contributed by atoms with Crippen molar-refractivity contribution in [3.63, 3.8) is 0 Å². The molecule has 9 heteroatoms. The minimum absolute atomic E-state index is 0.0239. The molecule has 1 amide bonds. The molecule has 0 saturated heterocycles. The zero-order valence-electron chi connectivity index (χ0n) is 18.8. The van der Waals surface area contributed by atoms with E-state index in [0.717, 1.165) is 5.56 Å². The molecule has 0 spiro atoms. The maximum Gasteiger partial charge on any atom is 0.341 e. The Morgan fingerprint density at radius 3 is 2.32 bits per heavy atom. The number of aryl methyl sites for hydroxylation is 2. The summed E-state index contributed by atoms with van der Waals surface area (Å²) < 4.78 is 33.7. The molecule has 3 rings (SSSR count). The number of amides is 1. The van der Waals surface area contributed by atoms with E-state index in [-0.39, 0.29) is 21.7 Å². The smallest absolute Gasteiger partial charge is 0.341 e. The van der Waals surface area contributed by atoms with Gasteiger partial charge in [0, 0.05) is 0 Å². The lowest BCUT2D eigenvalue weighted by molar-refractivity contribution is -0.123. The van der Waals surface area contributed by atoms with Gasteiger partial charge in [0.1, 0.15) is 6.07 Å². The van der Waals surface area contributed by atoms with E-state index in [0.29, 0.717) is 11.3 Å². The number of rotatable bonds is 7. The average Bonchev–Trinajstić information content (AvgIpc) is 2.80. The maximum absolute atomic E-state index is 13.0. The van der Waals surface area contributed by atoms with Crippen molar-refractivity contribution in [2.45, 2.75) is 31.8 Å². The summed E-state index contributed by atoms with van der Waals surface area (Å²) in [6.07, 6.45) is -1.21. The average molecular weight is 478 g/mol. The summed E-state index contributed by atoms with van der Waals surface area (Å²) in [5, 5.41) is 11.7. The van der Waals surface area contributed by atoms with Gasteiger partial charge in [-0.15, -0.1) is 0 Å². The zero-order chi connectivity index (χ0) is 24.9. The number of nitriles is 1. The van der Waals surface area contributed by atoms with Crippen LogP contribution in [0.5, 0.6) is 0 Å². The zero-order valence-corrected chi connectivity index (χ0v) is 19.6. The monoisotopic (exact) mass is 477 g/mol. The molecular weight excluding hydrogens is 454 g/mol. The van der Waals surface area contributed by atoms with Crippen LogP contribution >= 0.6 is 0 Å². The molecule has 0 saturated carbocycles. The van der Waals surface area contributed by atoms with Crippen LogP contribution in [0.2, 0.25) is 0 Å². The van der Waals surface area contributed by atoms with E-state index < -0.39 is 28.0 Å². The molecule has 8 nitrogen and oxygen atoms in total. The van der Waals surface area contributed by atoms with Crippen molar-refractivity contribution < 1.29 is 22.7 Å². The predicted molar refractivity (Wildman–Crippen MR) is 128 cm³/mol. The van der Waals surface area contributed by atoms with Crippen LogP contribution in [-0.2, 0) is 19.6 Å². The van der Waals surface area contributed by atoms with Gasteiger partial charge in [0.25, 0.3) is 15.9 Å². The number of ether oxygens (including phenoxy) is 1. The first-order valence-electron chi connectivity index (χ1n) is 10.3. The minimum atomic E-state index is -3.98. The SMILES string of the molecule is Cc1ccc(C)c(S(=O)(=O)Nc2ccccc2C(=O)O[C@@H](C)C(=O)Nc2ccccc2C#N)c1. The summed E-state index contributed by atoms with van der Waals surface area (Å²) in [6.45, 7) is 4.84. The number of carbonyl (C=O) groups is 2. The Morgan fingerprint density at radius 2 is 1.62 bits per heavy atom. The molecule has 0 aliphatic heterocycles. The topological polar surface area (TPSA) is 125 Å². The molecule has 0 aromatic heterocycles. The van der Waals surface area contributed by atoms with Crippen LogP contribution in [0.15, 0.2) is 71.6 Å². The minimum Gasteiger partial charge on any atom is -0.449 e. The summed E-state index contributed by atoms with van der Waals surface area (Å²) in [4.78, 5) is 25.4. The van der Waals surface area contributed by atoms with E-state index in [1.807, 2.05) is 6.07 Å². The number of para-hydroxylation sites is 2. The lowest BCUT2D eigenvalue weighted by atomic mass is 10.2. The van der Waals surface area contributed by atoms with Gasteiger partial charge in [0.15, 0.2) is 6.10 Å². The third-order valence-corrected chi connectivity index (χ3v) is 6.49. The van der Waals surface area contributed by atoms with Crippen molar-refractivity contribution in [1.82, 2.24) is 0 Å². The molecule has 3 aromatic rings. The van der Waals surface area contributed by atoms with Crippen LogP contribution in [0.25, 0.3) is 0 Å². The highest BCUT2D eigenvalue weighted by Crippen LogP contribution is 2.24. The van der Waals surface area contributed by atoms with Crippen molar-refractivity contribution in [1.29, 1.82) is 5.26 Å². The van der Waals surface area contributed by atoms with E-state index in [4.69, 9.17) is 10.00 Å². The molecule has 174 valence electrons. The van der Waals surface area contributed by atoms with E-state index in [2.05, 4.69) is 10.0 Å². The number of nitrogens with zero attached hydrogens (tertiary/aromatic N) is 1. The Morgan fingerprint density at radius 1 is 0.971 bits per heavy atom. The van der Waals surface area contributed by atoms with Crippen LogP contribution in [0, 0.1) is 25.2 Å². The number of anilines is 2. The van der Waals surface area contributed by atoms with Crippen molar-refractivity contribution in [3.05, 3.63) is 89.0 Å². The van der Waals surface area contributed by atoms with Gasteiger partial charge < -0.3 is 10.1 Å². The van der Waals surface area contributed by atoms with Crippen molar-refractivity contribution in [2.24, 2.45) is 0 Å². The standard InChI is InChI=1S/C25H23N3O5S/c1-16-12-13-17(2)23(14-16)34(31,32)28-22-11-7-5-9-20(22)25(30)33-18(3)24(29)27-21-10-6-4-8-19(21)15-26/h4-14,18,28H,1-3H3,(H,27,29)/t18-/m0/s1. The summed E-state index contributed by atoms with van der Waals surface area (Å²) in [7, 11) is -3.98. The van der Waals surface area contributed by atoms with Gasteiger partial charge in [-0.1, -0.05) is 36.4 Å². The summed E-state index contributed by atoms with van der Waals surface area (Å²) in [5.41, 5.74) is 1.86. The predicted octanol–water partition coefficient (Wildman–Crippen LogP) is 4.16. The molecule has 0 bridgehead atoms. The van der Waals surface area contributed by atoms with Crippen LogP contribution in [-0.4, -0.2) is 26.4 Å². The van der Waals surface area contributed by atoms with E-state index in [9.17, 15) is 18.0 Å². The first-order chi connectivity index (χ1) is 16.1. The fourth-order valence-corrected chi connectivity index (χ4v) is 4.56. The number of carbonyl (C=O) groups excluding carboxylic acids is 2. The summed E-state index contributed by atoms with van der Waals surface area (Å²) >= 11 is 0. The highest BCUT2D eigenvalue weighted by Gasteiger charge is 2.24. The van der Waals surface area contributed by atoms with E-state index >= 15 is 0 Å². The first-order valence-corrected chi connectivity index (χ1v) is 11.8. The van der Waals surface area contributed by atoms with Crippen LogP contribution in [0.3, 0.4) is 0 Å². The number of nitrogens with one attached hydrogen (secondary N) is 2. The fourth-order valence-electron chi connectivity index (χ4n) is 3.15. The second-order valence-corrected chi connectivity index (χ2v) is 9.27. The Bertz CT molecular complexity index is 1390. The number of hydrogen-bond acceptors (Lipinski definition) is 6. The van der Waals surface area contributed by atoms with Crippen LogP contribution in [0.1, 0.15) is 34.0 Å². The highest BCUT2D eigenvalue weighted by molar-refractivity contribution is 7.92. The molecule has 3 aromatic carbocycles. The van der Waals surface area contributed by atoms with Crippen molar-refractivity contribution in [3.8, 4) is 6.07 Å². The molecule has 0 fully saturated rings. The molecule has 0 heterocycles. The maximum atomic E-state index is 13.0. The summed E-state index contributed by atoms with van der Waals surface area (Å²) in [5.74, 6) is -1.51. The molecular formula is C25H23N3O5S. The quantitative estimate of drug-likeness (QED) is 0.492. The van der Waals surface area contributed by atoms with E-state index in [1.165, 1.54) is 19.1 Å². The molecule has 1 atom stereocenters. The van der Waals surface area contributed by atoms with Gasteiger partial charge in [-0.05, 0) is 62.2 Å². The van der Waals surface area contributed by atoms with Crippen LogP contribution in [0.4, 0.5) is 11.4 Å². The fraction of sp³-hybridized carbons (Fsp3) is 0.160. The first kappa shape index (κ1) is 24.5. The van der Waals surface area contributed by atoms with Crippen molar-refractivity contribution >= 4 is 33.3 Å². The lowest BCUT2D eigenvalue weighted by Gasteiger charge is -2.17. The Kier molecular flexibility index (Phi) is 7.34. The molecule has 34 heavy (non-hydrogen) atoms. The molecule has 0 aliphatic carbocycles. The van der Waals surface area contributed by atoms with Gasteiger partial charge in [0.2, 0.25) is 0 Å². The van der Waals surface area contributed by atoms with Gasteiger partial charge in [0.05, 0.1) is 27.4 Å². The van der Waals surface area contributed by atoms with Crippen LogP contribution < -0.4 is 10.0 Å². The lowest BCUT2D eigenvalue weighted by Crippen LogP contribution is -2.30. The van der Waals surface area contributed by atoms with E-state index in [1.54, 1.807) is 68.4 Å². The molecule has 2 N–H and O–H groups in total. The van der Waals surface area contributed by atoms with Crippen molar-refractivity contribution in [2.75, 3.05) is 10.0 Å². The highest BCUT2D eigenvalue weighted by atomic mass is 32.2. The van der Waals surface area contributed by atoms with Gasteiger partial charge in [-0.3, -0.25) is 9.52 Å². The number of sulfonamides is 1. The largest absolute Gasteiger partial charge is 0.449 e. The summed E-state index contributed by atoms with van der Waals surface area (Å²) in [6, 6.07) is 19.4. The second-order valence-electron chi connectivity index (χ2n) is 7.61. The Hall–Kier alpha value is -4.16. The number of benzene rings is 3. The Balaban J connectivity index is 1.78. The van der Waals surface area contributed by atoms with Gasteiger partial charge >= 0.3 is 5.97 Å². The Labute approximate surface area is 198 Å². The molecule has 0 aliphatic rings. The van der Waals surface area contributed by atoms with Gasteiger partial charge in [-0.25, -0.2) is 13.2 Å². The molecule has 0 unspecified atom stereocenters. The third kappa shape index (κ3) is 5.60. The number of hydrogen-bond donors (Lipinski definition) is 2. The molecule has 0 radical (unpaired) electrons.